The molecule has 0 bridgehead atoms. The van der Waals surface area contributed by atoms with Crippen LogP contribution in [-0.2, 0) is 16.2 Å². The average Bonchev–Trinajstić information content (AvgIpc) is 3.05. The Morgan fingerprint density at radius 1 is 0.781 bits per heavy atom. The number of ether oxygens (including phenoxy) is 2. The lowest BCUT2D eigenvalue weighted by molar-refractivity contribution is -0.119. The van der Waals surface area contributed by atoms with Crippen LogP contribution in [0.25, 0.3) is 5.57 Å². The molecule has 3 aromatic rings. The molecule has 0 radical (unpaired) electrons. The van der Waals surface area contributed by atoms with Gasteiger partial charge in [-0.15, -0.1) is 0 Å². The molecule has 0 spiro atoms. The van der Waals surface area contributed by atoms with Gasteiger partial charge in [0.25, 0.3) is 11.8 Å². The minimum absolute atomic E-state index is 0.0957. The van der Waals surface area contributed by atoms with E-state index in [9.17, 15) is 9.59 Å². The molecule has 0 saturated carbocycles. The van der Waals surface area contributed by atoms with Crippen LogP contribution in [0.2, 0.25) is 0 Å². The number of halogens is 1. The molecule has 5 nitrogen and oxygen atoms in total. The van der Waals surface area contributed by atoms with E-state index in [2.05, 4.69) is 0 Å². The number of nitrogens with zero attached hydrogens (tertiary/aromatic N) is 1. The van der Waals surface area contributed by atoms with Crippen molar-refractivity contribution in [1.82, 2.24) is 0 Å². The van der Waals surface area contributed by atoms with Crippen LogP contribution in [0, 0.1) is 0 Å². The first-order valence-corrected chi connectivity index (χ1v) is 10.7. The summed E-state index contributed by atoms with van der Waals surface area (Å²) < 4.78 is 11.4. The summed E-state index contributed by atoms with van der Waals surface area (Å²) in [6.07, 6.45) is 0.900. The highest BCUT2D eigenvalue weighted by molar-refractivity contribution is 6.60. The smallest absolute Gasteiger partial charge is 0.277 e. The highest BCUT2D eigenvalue weighted by atomic mass is 35.5. The summed E-state index contributed by atoms with van der Waals surface area (Å²) in [7, 11) is 0. The van der Waals surface area contributed by atoms with Crippen LogP contribution in [0.1, 0.15) is 24.5 Å². The fraction of sp³-hybridized carbons (Fsp3) is 0.154. The molecule has 1 aliphatic heterocycles. The van der Waals surface area contributed by atoms with Gasteiger partial charge >= 0.3 is 0 Å². The molecule has 32 heavy (non-hydrogen) atoms. The lowest BCUT2D eigenvalue weighted by Gasteiger charge is -2.16. The van der Waals surface area contributed by atoms with Crippen LogP contribution in [-0.4, -0.2) is 18.4 Å². The molecule has 4 rings (SSSR count). The van der Waals surface area contributed by atoms with E-state index in [1.54, 1.807) is 48.5 Å². The first-order valence-electron chi connectivity index (χ1n) is 10.4. The maximum Gasteiger partial charge on any atom is 0.277 e. The van der Waals surface area contributed by atoms with Gasteiger partial charge in [0.15, 0.2) is 0 Å². The Bertz CT molecular complexity index is 1140. The van der Waals surface area contributed by atoms with Gasteiger partial charge in [-0.25, -0.2) is 4.90 Å². The summed E-state index contributed by atoms with van der Waals surface area (Å²) in [5.74, 6) is 0.335. The van der Waals surface area contributed by atoms with Crippen molar-refractivity contribution in [2.24, 2.45) is 0 Å². The summed E-state index contributed by atoms with van der Waals surface area (Å²) in [6.45, 7) is 3.06. The van der Waals surface area contributed by atoms with Crippen LogP contribution in [0.15, 0.2) is 83.9 Å². The Morgan fingerprint density at radius 3 is 2.06 bits per heavy atom. The second-order valence-electron chi connectivity index (χ2n) is 7.28. The number of carbonyl (C=O) groups is 2. The Labute approximate surface area is 191 Å². The minimum Gasteiger partial charge on any atom is -0.494 e. The summed E-state index contributed by atoms with van der Waals surface area (Å²) in [4.78, 5) is 26.9. The number of anilines is 1. The van der Waals surface area contributed by atoms with Crippen molar-refractivity contribution in [2.75, 3.05) is 11.5 Å². The number of benzene rings is 3. The summed E-state index contributed by atoms with van der Waals surface area (Å²) in [5, 5.41) is -0.0957. The fourth-order valence-electron chi connectivity index (χ4n) is 3.36. The van der Waals surface area contributed by atoms with Gasteiger partial charge in [0.05, 0.1) is 17.9 Å². The molecule has 0 aromatic heterocycles. The van der Waals surface area contributed by atoms with Crippen molar-refractivity contribution >= 4 is 34.7 Å². The number of rotatable bonds is 8. The number of hydrogen-bond acceptors (Lipinski definition) is 4. The lowest BCUT2D eigenvalue weighted by atomic mass is 10.1. The van der Waals surface area contributed by atoms with E-state index in [1.165, 1.54) is 0 Å². The molecule has 0 aliphatic carbocycles. The van der Waals surface area contributed by atoms with Crippen LogP contribution >= 0.6 is 11.6 Å². The molecule has 0 saturated heterocycles. The lowest BCUT2D eigenvalue weighted by Crippen LogP contribution is -2.31. The zero-order valence-electron chi connectivity index (χ0n) is 17.6. The summed E-state index contributed by atoms with van der Waals surface area (Å²) in [6, 6.07) is 23.6. The van der Waals surface area contributed by atoms with Crippen LogP contribution < -0.4 is 14.4 Å². The molecule has 0 N–H and O–H groups in total. The van der Waals surface area contributed by atoms with Crippen molar-refractivity contribution in [3.8, 4) is 11.5 Å². The second-order valence-corrected chi connectivity index (χ2v) is 7.65. The van der Waals surface area contributed by atoms with E-state index in [1.807, 2.05) is 37.3 Å². The number of amides is 2. The van der Waals surface area contributed by atoms with Gasteiger partial charge in [-0.1, -0.05) is 61.0 Å². The van der Waals surface area contributed by atoms with Gasteiger partial charge in [-0.3, -0.25) is 9.59 Å². The number of carbonyl (C=O) groups excluding carboxylic acids is 2. The third-order valence-electron chi connectivity index (χ3n) is 4.99. The van der Waals surface area contributed by atoms with Gasteiger partial charge < -0.3 is 9.47 Å². The molecule has 0 unspecified atom stereocenters. The normalized spacial score (nSPS) is 13.6. The van der Waals surface area contributed by atoms with Gasteiger partial charge in [-0.2, -0.15) is 0 Å². The Morgan fingerprint density at radius 2 is 1.41 bits per heavy atom. The zero-order valence-corrected chi connectivity index (χ0v) is 18.3. The largest absolute Gasteiger partial charge is 0.494 e. The summed E-state index contributed by atoms with van der Waals surface area (Å²) in [5.41, 5.74) is 2.24. The van der Waals surface area contributed by atoms with Crippen LogP contribution in [0.3, 0.4) is 0 Å². The third-order valence-corrected chi connectivity index (χ3v) is 5.34. The maximum atomic E-state index is 13.1. The van der Waals surface area contributed by atoms with E-state index in [0.29, 0.717) is 36.0 Å². The predicted octanol–water partition coefficient (Wildman–Crippen LogP) is 5.58. The van der Waals surface area contributed by atoms with E-state index in [0.717, 1.165) is 16.9 Å². The molecule has 162 valence electrons. The van der Waals surface area contributed by atoms with Crippen LogP contribution in [0.4, 0.5) is 5.69 Å². The standard InChI is InChI=1S/C26H22ClNO4/c1-2-16-31-21-12-8-19(9-13-21)23-24(27)26(30)28(25(23)29)20-10-14-22(15-11-20)32-17-18-6-4-3-5-7-18/h3-15H,2,16-17H2,1H3. The van der Waals surface area contributed by atoms with Gasteiger partial charge in [0.2, 0.25) is 0 Å². The average molecular weight is 448 g/mol. The molecular formula is C26H22ClNO4. The highest BCUT2D eigenvalue weighted by Crippen LogP contribution is 2.36. The molecule has 6 heteroatoms. The van der Waals surface area contributed by atoms with E-state index < -0.39 is 11.8 Å². The second kappa shape index (κ2) is 9.71. The van der Waals surface area contributed by atoms with Crippen molar-refractivity contribution in [3.05, 3.63) is 95.0 Å². The molecule has 1 heterocycles. The topological polar surface area (TPSA) is 55.8 Å². The Kier molecular flexibility index (Phi) is 6.57. The monoisotopic (exact) mass is 447 g/mol. The Balaban J connectivity index is 1.48. The van der Waals surface area contributed by atoms with Gasteiger partial charge in [0.1, 0.15) is 23.1 Å². The van der Waals surface area contributed by atoms with Crippen molar-refractivity contribution in [2.45, 2.75) is 20.0 Å². The fourth-order valence-corrected chi connectivity index (χ4v) is 3.63. The minimum atomic E-state index is -0.545. The third kappa shape index (κ3) is 4.53. The number of imide groups is 1. The van der Waals surface area contributed by atoms with Crippen molar-refractivity contribution in [3.63, 3.8) is 0 Å². The van der Waals surface area contributed by atoms with Crippen LogP contribution in [0.5, 0.6) is 11.5 Å². The van der Waals surface area contributed by atoms with Crippen molar-refractivity contribution < 1.29 is 19.1 Å². The van der Waals surface area contributed by atoms with Gasteiger partial charge in [0, 0.05) is 0 Å². The maximum absolute atomic E-state index is 13.1. The molecule has 0 atom stereocenters. The molecule has 0 fully saturated rings. The van der Waals surface area contributed by atoms with Gasteiger partial charge in [-0.05, 0) is 53.9 Å². The zero-order chi connectivity index (χ0) is 22.5. The van der Waals surface area contributed by atoms with E-state index in [4.69, 9.17) is 21.1 Å². The SMILES string of the molecule is CCCOc1ccc(C2=C(Cl)C(=O)N(c3ccc(OCc4ccccc4)cc3)C2=O)cc1. The Hall–Kier alpha value is -3.57. The predicted molar refractivity (Wildman–Crippen MR) is 125 cm³/mol. The number of hydrogen-bond donors (Lipinski definition) is 0. The highest BCUT2D eigenvalue weighted by Gasteiger charge is 2.39. The molecule has 2 amide bonds. The van der Waals surface area contributed by atoms with E-state index >= 15 is 0 Å². The first-order chi connectivity index (χ1) is 15.6. The van der Waals surface area contributed by atoms with E-state index in [-0.39, 0.29) is 10.6 Å². The summed E-state index contributed by atoms with van der Waals surface area (Å²) >= 11 is 6.29. The molecular weight excluding hydrogens is 426 g/mol. The quantitative estimate of drug-likeness (QED) is 0.423. The molecule has 1 aliphatic rings. The van der Waals surface area contributed by atoms with Crippen molar-refractivity contribution in [1.29, 1.82) is 0 Å². The molecule has 3 aromatic carbocycles. The first kappa shape index (κ1) is 21.7.